The van der Waals surface area contributed by atoms with E-state index in [1.165, 1.54) is 35.0 Å². The van der Waals surface area contributed by atoms with Crippen molar-refractivity contribution in [3.63, 3.8) is 0 Å². The maximum absolute atomic E-state index is 3.54. The van der Waals surface area contributed by atoms with Crippen LogP contribution in [0.3, 0.4) is 0 Å². The molecule has 1 aliphatic rings. The number of hydrogen-bond acceptors (Lipinski definition) is 1. The van der Waals surface area contributed by atoms with Crippen molar-refractivity contribution in [3.8, 4) is 0 Å². The van der Waals surface area contributed by atoms with E-state index >= 15 is 0 Å². The molecule has 0 unspecified atom stereocenters. The van der Waals surface area contributed by atoms with Crippen molar-refractivity contribution in [1.82, 2.24) is 10.3 Å². The van der Waals surface area contributed by atoms with Gasteiger partial charge in [0.15, 0.2) is 0 Å². The Morgan fingerprint density at radius 3 is 2.87 bits per heavy atom. The van der Waals surface area contributed by atoms with Gasteiger partial charge in [-0.1, -0.05) is 18.2 Å². The van der Waals surface area contributed by atoms with Gasteiger partial charge < -0.3 is 10.3 Å². The molecule has 0 saturated heterocycles. The van der Waals surface area contributed by atoms with Crippen LogP contribution in [-0.4, -0.2) is 11.0 Å². The van der Waals surface area contributed by atoms with E-state index in [9.17, 15) is 0 Å². The SMILES string of the molecule is Cc1c(CNC2CC2)[nH]c2ccccc12. The number of fused-ring (bicyclic) bond motifs is 1. The molecule has 3 rings (SSSR count). The van der Waals surface area contributed by atoms with Gasteiger partial charge in [0.25, 0.3) is 0 Å². The van der Waals surface area contributed by atoms with Gasteiger partial charge in [-0.3, -0.25) is 0 Å². The number of aromatic nitrogens is 1. The van der Waals surface area contributed by atoms with Crippen LogP contribution in [0, 0.1) is 6.92 Å². The second-order valence-electron chi connectivity index (χ2n) is 4.43. The first-order chi connectivity index (χ1) is 7.34. The minimum Gasteiger partial charge on any atom is -0.357 e. The van der Waals surface area contributed by atoms with Gasteiger partial charge in [-0.25, -0.2) is 0 Å². The molecule has 0 spiro atoms. The van der Waals surface area contributed by atoms with Crippen molar-refractivity contribution in [2.75, 3.05) is 0 Å². The molecule has 1 aromatic heterocycles. The van der Waals surface area contributed by atoms with Crippen LogP contribution in [0.2, 0.25) is 0 Å². The third-order valence-electron chi connectivity index (χ3n) is 3.21. The molecule has 1 heterocycles. The summed E-state index contributed by atoms with van der Waals surface area (Å²) < 4.78 is 0. The highest BCUT2D eigenvalue weighted by Gasteiger charge is 2.20. The van der Waals surface area contributed by atoms with E-state index in [2.05, 4.69) is 41.5 Å². The van der Waals surface area contributed by atoms with Gasteiger partial charge in [-0.15, -0.1) is 0 Å². The van der Waals surface area contributed by atoms with Gasteiger partial charge in [0.2, 0.25) is 0 Å². The van der Waals surface area contributed by atoms with Gasteiger partial charge in [0.05, 0.1) is 0 Å². The number of para-hydroxylation sites is 1. The summed E-state index contributed by atoms with van der Waals surface area (Å²) in [6, 6.07) is 9.28. The minimum atomic E-state index is 0.774. The first kappa shape index (κ1) is 8.98. The van der Waals surface area contributed by atoms with Gasteiger partial charge in [0.1, 0.15) is 0 Å². The molecule has 2 nitrogen and oxygen atoms in total. The Bertz CT molecular complexity index is 480. The fourth-order valence-electron chi connectivity index (χ4n) is 2.05. The molecular formula is C13H16N2. The Hall–Kier alpha value is -1.28. The van der Waals surface area contributed by atoms with Crippen molar-refractivity contribution in [3.05, 3.63) is 35.5 Å². The lowest BCUT2D eigenvalue weighted by molar-refractivity contribution is 0.676. The average Bonchev–Trinajstić information content (AvgIpc) is 3.03. The number of rotatable bonds is 3. The fourth-order valence-corrected chi connectivity index (χ4v) is 2.05. The van der Waals surface area contributed by atoms with E-state index in [1.807, 2.05) is 0 Å². The Kier molecular flexibility index (Phi) is 2.03. The lowest BCUT2D eigenvalue weighted by Crippen LogP contribution is -2.16. The highest BCUT2D eigenvalue weighted by molar-refractivity contribution is 5.84. The van der Waals surface area contributed by atoms with Gasteiger partial charge in [0, 0.05) is 29.2 Å². The Balaban J connectivity index is 1.92. The molecule has 1 fully saturated rings. The summed E-state index contributed by atoms with van der Waals surface area (Å²) in [4.78, 5) is 3.48. The van der Waals surface area contributed by atoms with Crippen LogP contribution in [0.1, 0.15) is 24.1 Å². The number of aromatic amines is 1. The molecule has 0 aliphatic heterocycles. The van der Waals surface area contributed by atoms with Crippen molar-refractivity contribution in [1.29, 1.82) is 0 Å². The van der Waals surface area contributed by atoms with E-state index in [0.29, 0.717) is 0 Å². The standard InChI is InChI=1S/C13H16N2/c1-9-11-4-2-3-5-12(11)15-13(9)8-14-10-6-7-10/h2-5,10,14-15H,6-8H2,1H3. The first-order valence-electron chi connectivity index (χ1n) is 5.64. The number of aryl methyl sites for hydroxylation is 1. The highest BCUT2D eigenvalue weighted by Crippen LogP contribution is 2.23. The molecule has 2 N–H and O–H groups in total. The van der Waals surface area contributed by atoms with Crippen molar-refractivity contribution < 1.29 is 0 Å². The maximum Gasteiger partial charge on any atom is 0.0459 e. The topological polar surface area (TPSA) is 27.8 Å². The van der Waals surface area contributed by atoms with Crippen LogP contribution in [-0.2, 0) is 6.54 Å². The summed E-state index contributed by atoms with van der Waals surface area (Å²) >= 11 is 0. The zero-order valence-corrected chi connectivity index (χ0v) is 9.01. The predicted octanol–water partition coefficient (Wildman–Crippen LogP) is 2.73. The molecule has 2 heteroatoms. The molecular weight excluding hydrogens is 184 g/mol. The summed E-state index contributed by atoms with van der Waals surface area (Å²) in [5.41, 5.74) is 3.98. The van der Waals surface area contributed by atoms with Crippen molar-refractivity contribution in [2.24, 2.45) is 0 Å². The van der Waals surface area contributed by atoms with Crippen molar-refractivity contribution >= 4 is 10.9 Å². The molecule has 2 aromatic rings. The molecule has 0 amide bonds. The monoisotopic (exact) mass is 200 g/mol. The number of hydrogen-bond donors (Lipinski definition) is 2. The quantitative estimate of drug-likeness (QED) is 0.783. The van der Waals surface area contributed by atoms with Crippen LogP contribution >= 0.6 is 0 Å². The van der Waals surface area contributed by atoms with E-state index in [4.69, 9.17) is 0 Å². The Morgan fingerprint density at radius 1 is 1.33 bits per heavy atom. The summed E-state index contributed by atoms with van der Waals surface area (Å²) in [5, 5.41) is 4.90. The molecule has 0 atom stereocenters. The van der Waals surface area contributed by atoms with Gasteiger partial charge in [-0.2, -0.15) is 0 Å². The smallest absolute Gasteiger partial charge is 0.0459 e. The third-order valence-corrected chi connectivity index (χ3v) is 3.21. The average molecular weight is 200 g/mol. The summed E-state index contributed by atoms with van der Waals surface area (Å²) in [6.45, 7) is 3.17. The predicted molar refractivity (Wildman–Crippen MR) is 62.9 cm³/mol. The van der Waals surface area contributed by atoms with E-state index in [1.54, 1.807) is 0 Å². The first-order valence-corrected chi connectivity index (χ1v) is 5.64. The summed E-state index contributed by atoms with van der Waals surface area (Å²) in [5.74, 6) is 0. The highest BCUT2D eigenvalue weighted by atomic mass is 15.0. The van der Waals surface area contributed by atoms with Gasteiger partial charge in [-0.05, 0) is 31.4 Å². The molecule has 1 aliphatic carbocycles. The largest absolute Gasteiger partial charge is 0.357 e. The molecule has 15 heavy (non-hydrogen) atoms. The van der Waals surface area contributed by atoms with E-state index in [-0.39, 0.29) is 0 Å². The number of benzene rings is 1. The second kappa shape index (κ2) is 3.38. The maximum atomic E-state index is 3.54. The van der Waals surface area contributed by atoms with Crippen LogP contribution < -0.4 is 5.32 Å². The van der Waals surface area contributed by atoms with Crippen LogP contribution in [0.25, 0.3) is 10.9 Å². The lowest BCUT2D eigenvalue weighted by Gasteiger charge is -2.01. The van der Waals surface area contributed by atoms with Crippen LogP contribution in [0.4, 0.5) is 0 Å². The molecule has 0 bridgehead atoms. The summed E-state index contributed by atoms with van der Waals surface area (Å²) in [7, 11) is 0. The van der Waals surface area contributed by atoms with Crippen LogP contribution in [0.15, 0.2) is 24.3 Å². The van der Waals surface area contributed by atoms with Crippen molar-refractivity contribution in [2.45, 2.75) is 32.4 Å². The number of nitrogens with one attached hydrogen (secondary N) is 2. The molecule has 1 aromatic carbocycles. The second-order valence-corrected chi connectivity index (χ2v) is 4.43. The Labute approximate surface area is 89.7 Å². The lowest BCUT2D eigenvalue weighted by atomic mass is 10.1. The molecule has 1 saturated carbocycles. The molecule has 0 radical (unpaired) electrons. The normalized spacial score (nSPS) is 16.1. The number of H-pyrrole nitrogens is 1. The minimum absolute atomic E-state index is 0.774. The van der Waals surface area contributed by atoms with E-state index in [0.717, 1.165) is 12.6 Å². The van der Waals surface area contributed by atoms with E-state index < -0.39 is 0 Å². The molecule has 78 valence electrons. The van der Waals surface area contributed by atoms with Gasteiger partial charge >= 0.3 is 0 Å². The zero-order valence-electron chi connectivity index (χ0n) is 9.01. The van der Waals surface area contributed by atoms with Crippen LogP contribution in [0.5, 0.6) is 0 Å². The summed E-state index contributed by atoms with van der Waals surface area (Å²) in [6.07, 6.45) is 2.69. The zero-order chi connectivity index (χ0) is 10.3. The fraction of sp³-hybridized carbons (Fsp3) is 0.385. The third kappa shape index (κ3) is 1.65. The Morgan fingerprint density at radius 2 is 2.13 bits per heavy atom.